The highest BCUT2D eigenvalue weighted by Crippen LogP contribution is 2.17. The monoisotopic (exact) mass is 202 g/mol. The molecule has 2 nitrogen and oxygen atoms in total. The van der Waals surface area contributed by atoms with E-state index in [1.165, 1.54) is 12.1 Å². The molecule has 0 unspecified atom stereocenters. The molecular weight excluding hydrogens is 195 g/mol. The van der Waals surface area contributed by atoms with E-state index in [2.05, 4.69) is 0 Å². The number of phenolic OH excluding ortho intramolecular Hbond substituents is 1. The first-order valence-corrected chi connectivity index (χ1v) is 4.22. The van der Waals surface area contributed by atoms with E-state index < -0.39 is 11.6 Å². The third-order valence-corrected chi connectivity index (χ3v) is 1.86. The number of hydrogen-bond acceptors (Lipinski definition) is 2. The zero-order valence-electron chi connectivity index (χ0n) is 6.76. The Morgan fingerprint density at radius 3 is 2.77 bits per heavy atom. The fraction of sp³-hybridized carbons (Fsp3) is 0.222. The zero-order chi connectivity index (χ0) is 9.84. The highest BCUT2D eigenvalue weighted by molar-refractivity contribution is 6.27. The Labute approximate surface area is 80.0 Å². The topological polar surface area (TPSA) is 37.3 Å². The number of halogens is 2. The van der Waals surface area contributed by atoms with E-state index >= 15 is 0 Å². The summed E-state index contributed by atoms with van der Waals surface area (Å²) in [5, 5.41) is 8.97. The molecule has 0 saturated carbocycles. The molecule has 70 valence electrons. The van der Waals surface area contributed by atoms with Gasteiger partial charge in [0.05, 0.1) is 5.88 Å². The fourth-order valence-corrected chi connectivity index (χ4v) is 1.04. The molecule has 0 fully saturated rings. The van der Waals surface area contributed by atoms with Gasteiger partial charge in [0.25, 0.3) is 0 Å². The SMILES string of the molecule is O=C(CCl)Cc1ccc(F)c(O)c1. The van der Waals surface area contributed by atoms with Gasteiger partial charge in [0.1, 0.15) is 0 Å². The van der Waals surface area contributed by atoms with Gasteiger partial charge < -0.3 is 5.11 Å². The van der Waals surface area contributed by atoms with Crippen molar-refractivity contribution in [2.24, 2.45) is 0 Å². The Morgan fingerprint density at radius 1 is 1.54 bits per heavy atom. The number of alkyl halides is 1. The fourth-order valence-electron chi connectivity index (χ4n) is 0.943. The minimum Gasteiger partial charge on any atom is -0.505 e. The third kappa shape index (κ3) is 2.70. The molecular formula is C9H8ClFO2. The predicted molar refractivity (Wildman–Crippen MR) is 47.5 cm³/mol. The summed E-state index contributed by atoms with van der Waals surface area (Å²) >= 11 is 5.29. The van der Waals surface area contributed by atoms with Crippen molar-refractivity contribution in [1.82, 2.24) is 0 Å². The van der Waals surface area contributed by atoms with E-state index in [9.17, 15) is 9.18 Å². The summed E-state index contributed by atoms with van der Waals surface area (Å²) in [6, 6.07) is 3.78. The maximum absolute atomic E-state index is 12.6. The molecule has 1 aromatic carbocycles. The van der Waals surface area contributed by atoms with Crippen LogP contribution in [0.25, 0.3) is 0 Å². The second-order valence-electron chi connectivity index (χ2n) is 2.63. The Balaban J connectivity index is 2.79. The molecule has 0 bridgehead atoms. The van der Waals surface area contributed by atoms with Crippen LogP contribution in [0.4, 0.5) is 4.39 Å². The zero-order valence-corrected chi connectivity index (χ0v) is 7.51. The van der Waals surface area contributed by atoms with Crippen molar-refractivity contribution < 1.29 is 14.3 Å². The summed E-state index contributed by atoms with van der Waals surface area (Å²) < 4.78 is 12.6. The third-order valence-electron chi connectivity index (χ3n) is 1.56. The van der Waals surface area contributed by atoms with Crippen LogP contribution in [0.3, 0.4) is 0 Å². The van der Waals surface area contributed by atoms with Crippen LogP contribution in [0.1, 0.15) is 5.56 Å². The van der Waals surface area contributed by atoms with Crippen molar-refractivity contribution in [2.45, 2.75) is 6.42 Å². The Morgan fingerprint density at radius 2 is 2.23 bits per heavy atom. The van der Waals surface area contributed by atoms with Gasteiger partial charge in [0, 0.05) is 6.42 Å². The van der Waals surface area contributed by atoms with E-state index in [4.69, 9.17) is 16.7 Å². The lowest BCUT2D eigenvalue weighted by atomic mass is 10.1. The molecule has 0 amide bonds. The van der Waals surface area contributed by atoms with Gasteiger partial charge in [0.15, 0.2) is 17.3 Å². The van der Waals surface area contributed by atoms with Crippen molar-refractivity contribution in [3.8, 4) is 5.75 Å². The molecule has 1 rings (SSSR count). The average Bonchev–Trinajstić information content (AvgIpc) is 2.11. The summed E-state index contributed by atoms with van der Waals surface area (Å²) in [5.74, 6) is -1.37. The van der Waals surface area contributed by atoms with Crippen LogP contribution in [0.2, 0.25) is 0 Å². The minimum atomic E-state index is -0.693. The highest BCUT2D eigenvalue weighted by Gasteiger charge is 2.05. The van der Waals surface area contributed by atoms with Gasteiger partial charge >= 0.3 is 0 Å². The normalized spacial score (nSPS) is 10.0. The lowest BCUT2D eigenvalue weighted by Gasteiger charge is -2.00. The van der Waals surface area contributed by atoms with Gasteiger partial charge in [-0.2, -0.15) is 0 Å². The molecule has 0 spiro atoms. The number of Topliss-reactive ketones (excluding diaryl/α,β-unsaturated/α-hetero) is 1. The summed E-state index contributed by atoms with van der Waals surface area (Å²) in [4.78, 5) is 10.9. The van der Waals surface area contributed by atoms with E-state index in [1.54, 1.807) is 0 Å². The van der Waals surface area contributed by atoms with Crippen LogP contribution < -0.4 is 0 Å². The van der Waals surface area contributed by atoms with Crippen LogP contribution in [0.15, 0.2) is 18.2 Å². The maximum atomic E-state index is 12.6. The molecule has 1 N–H and O–H groups in total. The number of carbonyl (C=O) groups excluding carboxylic acids is 1. The van der Waals surface area contributed by atoms with Crippen LogP contribution in [-0.4, -0.2) is 16.8 Å². The second kappa shape index (κ2) is 4.23. The summed E-state index contributed by atoms with van der Waals surface area (Å²) in [6.45, 7) is 0. The summed E-state index contributed by atoms with van der Waals surface area (Å²) in [6.07, 6.45) is 0.122. The summed E-state index contributed by atoms with van der Waals surface area (Å²) in [7, 11) is 0. The number of hydrogen-bond donors (Lipinski definition) is 1. The number of benzene rings is 1. The smallest absolute Gasteiger partial charge is 0.164 e. The van der Waals surface area contributed by atoms with Gasteiger partial charge in [-0.3, -0.25) is 4.79 Å². The molecule has 0 aromatic heterocycles. The molecule has 0 aliphatic carbocycles. The van der Waals surface area contributed by atoms with Crippen LogP contribution in [-0.2, 0) is 11.2 Å². The molecule has 0 heterocycles. The van der Waals surface area contributed by atoms with Gasteiger partial charge in [-0.1, -0.05) is 6.07 Å². The Hall–Kier alpha value is -1.09. The summed E-state index contributed by atoms with van der Waals surface area (Å²) in [5.41, 5.74) is 0.560. The van der Waals surface area contributed by atoms with Crippen LogP contribution in [0.5, 0.6) is 5.75 Å². The lowest BCUT2D eigenvalue weighted by Crippen LogP contribution is -2.03. The molecule has 13 heavy (non-hydrogen) atoms. The minimum absolute atomic E-state index is 0.0713. The number of aromatic hydroxyl groups is 1. The van der Waals surface area contributed by atoms with Gasteiger partial charge in [0.2, 0.25) is 0 Å². The quantitative estimate of drug-likeness (QED) is 0.760. The molecule has 0 saturated heterocycles. The van der Waals surface area contributed by atoms with Crippen molar-refractivity contribution in [2.75, 3.05) is 5.88 Å². The van der Waals surface area contributed by atoms with Gasteiger partial charge in [-0.25, -0.2) is 4.39 Å². The van der Waals surface area contributed by atoms with Gasteiger partial charge in [-0.05, 0) is 17.7 Å². The second-order valence-corrected chi connectivity index (χ2v) is 2.90. The van der Waals surface area contributed by atoms with Crippen LogP contribution >= 0.6 is 11.6 Å². The molecule has 1 aromatic rings. The average molecular weight is 203 g/mol. The molecule has 4 heteroatoms. The van der Waals surface area contributed by atoms with E-state index in [0.29, 0.717) is 5.56 Å². The number of phenols is 1. The van der Waals surface area contributed by atoms with Gasteiger partial charge in [-0.15, -0.1) is 11.6 Å². The van der Waals surface area contributed by atoms with Crippen LogP contribution in [0, 0.1) is 5.82 Å². The molecule has 0 radical (unpaired) electrons. The maximum Gasteiger partial charge on any atom is 0.164 e. The van der Waals surface area contributed by atoms with Crippen molar-refractivity contribution in [3.05, 3.63) is 29.6 Å². The molecule has 0 aliphatic heterocycles. The number of rotatable bonds is 3. The van der Waals surface area contributed by atoms with E-state index in [-0.39, 0.29) is 18.1 Å². The van der Waals surface area contributed by atoms with E-state index in [1.807, 2.05) is 0 Å². The highest BCUT2D eigenvalue weighted by atomic mass is 35.5. The Bertz CT molecular complexity index is 325. The molecule has 0 atom stereocenters. The molecule has 0 aliphatic rings. The predicted octanol–water partition coefficient (Wildman–Crippen LogP) is 1.88. The van der Waals surface area contributed by atoms with Crippen molar-refractivity contribution >= 4 is 17.4 Å². The first kappa shape index (κ1) is 9.99. The first-order valence-electron chi connectivity index (χ1n) is 3.68. The largest absolute Gasteiger partial charge is 0.505 e. The first-order chi connectivity index (χ1) is 6.13. The van der Waals surface area contributed by atoms with E-state index in [0.717, 1.165) is 6.07 Å². The lowest BCUT2D eigenvalue weighted by molar-refractivity contribution is -0.116. The standard InChI is InChI=1S/C9H8ClFO2/c10-5-7(12)3-6-1-2-8(11)9(13)4-6/h1-2,4,13H,3,5H2. The van der Waals surface area contributed by atoms with Crippen molar-refractivity contribution in [3.63, 3.8) is 0 Å². The number of ketones is 1. The van der Waals surface area contributed by atoms with Crippen molar-refractivity contribution in [1.29, 1.82) is 0 Å². The Kier molecular flexibility index (Phi) is 3.25. The number of carbonyl (C=O) groups is 1.